The molecule has 0 spiro atoms. The molecule has 0 aromatic carbocycles. The first-order valence-corrected chi connectivity index (χ1v) is 12.4. The Labute approximate surface area is 196 Å². The lowest BCUT2D eigenvalue weighted by atomic mass is 9.76. The summed E-state index contributed by atoms with van der Waals surface area (Å²) in [5, 5.41) is 0. The van der Waals surface area contributed by atoms with Gasteiger partial charge in [-0.25, -0.2) is 39.1 Å². The molecule has 3 aliphatic rings. The number of hydrogen-bond donors (Lipinski definition) is 0. The Hall–Kier alpha value is -2.48. The number of nitrogens with zero attached hydrogens (tertiary/aromatic N) is 4. The van der Waals surface area contributed by atoms with Gasteiger partial charge in [-0.1, -0.05) is 0 Å². The molecular weight excluding hydrogens is 420 g/mol. The van der Waals surface area contributed by atoms with Crippen LogP contribution in [0, 0.1) is 23.7 Å². The first-order chi connectivity index (χ1) is 16.2. The van der Waals surface area contributed by atoms with Gasteiger partial charge in [-0.3, -0.25) is 0 Å². The molecule has 180 valence electrons. The lowest BCUT2D eigenvalue weighted by Gasteiger charge is -2.31. The van der Waals surface area contributed by atoms with Crippen LogP contribution in [0.25, 0.3) is 0 Å². The van der Waals surface area contributed by atoms with Gasteiger partial charge in [0.25, 0.3) is 0 Å². The molecule has 0 aliphatic heterocycles. The smallest absolute Gasteiger partial charge is 0.211 e. The molecule has 0 saturated heterocycles. The summed E-state index contributed by atoms with van der Waals surface area (Å²) in [5.74, 6) is 2.64. The van der Waals surface area contributed by atoms with E-state index in [4.69, 9.17) is 0 Å². The summed E-state index contributed by atoms with van der Waals surface area (Å²) < 4.78 is 0. The van der Waals surface area contributed by atoms with E-state index < -0.39 is 0 Å². The number of hydrogen-bond acceptors (Lipinski definition) is 8. The van der Waals surface area contributed by atoms with Crippen LogP contribution in [0.2, 0.25) is 0 Å². The Kier molecular flexibility index (Phi) is 13.1. The average Bonchev–Trinajstić information content (AvgIpc) is 2.85. The van der Waals surface area contributed by atoms with E-state index in [0.717, 1.165) is 63.2 Å². The Morgan fingerprint density at radius 1 is 0.455 bits per heavy atom. The lowest BCUT2D eigenvalue weighted by molar-refractivity contribution is 0.226. The van der Waals surface area contributed by atoms with Gasteiger partial charge in [-0.05, 0) is 107 Å². The summed E-state index contributed by atoms with van der Waals surface area (Å²) in [4.78, 5) is 55.1. The number of rotatable bonds is 8. The zero-order valence-electron chi connectivity index (χ0n) is 19.5. The Balaban J connectivity index is 0.000000245. The van der Waals surface area contributed by atoms with E-state index in [1.165, 1.54) is 32.1 Å². The summed E-state index contributed by atoms with van der Waals surface area (Å²) in [6.45, 7) is 1.21. The molecule has 8 nitrogen and oxygen atoms in total. The standard InChI is InChI=1S/C15H22N2O2.C10H14N2O2/c18-10-16-14-5-1-12(2-6-14)9-13-3-7-15(8-4-13)17-11-19;13-7-11-5-9-1-2-10(4-3-9)6-12-8-14/h12-15H,1-9H2;9-10H,1-6H2. The third-order valence-corrected chi connectivity index (χ3v) is 7.56. The van der Waals surface area contributed by atoms with Crippen molar-refractivity contribution < 1.29 is 19.2 Å². The van der Waals surface area contributed by atoms with Gasteiger partial charge in [0.2, 0.25) is 24.3 Å². The van der Waals surface area contributed by atoms with E-state index >= 15 is 0 Å². The van der Waals surface area contributed by atoms with Gasteiger partial charge in [-0.15, -0.1) is 0 Å². The zero-order valence-corrected chi connectivity index (χ0v) is 19.5. The maximum Gasteiger partial charge on any atom is 0.235 e. The average molecular weight is 457 g/mol. The Morgan fingerprint density at radius 3 is 1.09 bits per heavy atom. The van der Waals surface area contributed by atoms with Gasteiger partial charge in [0.1, 0.15) is 0 Å². The monoisotopic (exact) mass is 456 g/mol. The van der Waals surface area contributed by atoms with Crippen molar-refractivity contribution in [3.05, 3.63) is 0 Å². The molecule has 0 heterocycles. The van der Waals surface area contributed by atoms with Crippen molar-refractivity contribution in [2.75, 3.05) is 13.1 Å². The summed E-state index contributed by atoms with van der Waals surface area (Å²) in [5.41, 5.74) is 0. The minimum atomic E-state index is 0.228. The van der Waals surface area contributed by atoms with Crippen molar-refractivity contribution >= 4 is 24.3 Å². The van der Waals surface area contributed by atoms with Gasteiger partial charge in [0.05, 0.1) is 25.2 Å². The van der Waals surface area contributed by atoms with Crippen LogP contribution in [0.15, 0.2) is 20.0 Å². The SMILES string of the molecule is O=C=NC1CCC(CC2CCC(N=C=O)CC2)CC1.O=C=NCC1CCC(CN=C=O)CC1. The van der Waals surface area contributed by atoms with Crippen LogP contribution in [0.4, 0.5) is 0 Å². The largest absolute Gasteiger partial charge is 0.235 e. The molecule has 0 aromatic rings. The molecule has 3 aliphatic carbocycles. The highest BCUT2D eigenvalue weighted by atomic mass is 16.1. The van der Waals surface area contributed by atoms with Crippen LogP contribution in [0.5, 0.6) is 0 Å². The summed E-state index contributed by atoms with van der Waals surface area (Å²) >= 11 is 0. The highest BCUT2D eigenvalue weighted by Crippen LogP contribution is 2.36. The molecule has 0 bridgehead atoms. The second-order valence-electron chi connectivity index (χ2n) is 9.78. The fourth-order valence-electron chi connectivity index (χ4n) is 5.57. The van der Waals surface area contributed by atoms with Gasteiger partial charge in [0, 0.05) is 0 Å². The lowest BCUT2D eigenvalue weighted by Crippen LogP contribution is -2.23. The highest BCUT2D eigenvalue weighted by Gasteiger charge is 2.26. The molecule has 0 atom stereocenters. The first kappa shape index (κ1) is 26.8. The van der Waals surface area contributed by atoms with E-state index in [-0.39, 0.29) is 12.1 Å². The molecule has 8 heteroatoms. The molecule has 0 radical (unpaired) electrons. The predicted octanol–water partition coefficient (Wildman–Crippen LogP) is 4.63. The van der Waals surface area contributed by atoms with Crippen LogP contribution in [-0.2, 0) is 19.2 Å². The van der Waals surface area contributed by atoms with Crippen LogP contribution >= 0.6 is 0 Å². The van der Waals surface area contributed by atoms with Gasteiger partial charge < -0.3 is 0 Å². The molecule has 3 fully saturated rings. The summed E-state index contributed by atoms with van der Waals surface area (Å²) in [6.07, 6.45) is 21.1. The molecule has 0 unspecified atom stereocenters. The first-order valence-electron chi connectivity index (χ1n) is 12.4. The van der Waals surface area contributed by atoms with Crippen molar-refractivity contribution in [2.24, 2.45) is 43.6 Å². The predicted molar refractivity (Wildman–Crippen MR) is 124 cm³/mol. The van der Waals surface area contributed by atoms with Crippen LogP contribution in [0.3, 0.4) is 0 Å². The van der Waals surface area contributed by atoms with E-state index in [9.17, 15) is 19.2 Å². The van der Waals surface area contributed by atoms with Gasteiger partial charge in [0.15, 0.2) is 0 Å². The van der Waals surface area contributed by atoms with Crippen molar-refractivity contribution in [3.8, 4) is 0 Å². The topological polar surface area (TPSA) is 118 Å². The maximum atomic E-state index is 10.2. The van der Waals surface area contributed by atoms with E-state index in [2.05, 4.69) is 20.0 Å². The fraction of sp³-hybridized carbons (Fsp3) is 0.840. The normalized spacial score (nSPS) is 31.2. The van der Waals surface area contributed by atoms with E-state index in [0.29, 0.717) is 24.9 Å². The van der Waals surface area contributed by atoms with Crippen LogP contribution in [-0.4, -0.2) is 49.5 Å². The van der Waals surface area contributed by atoms with Gasteiger partial charge in [-0.2, -0.15) is 0 Å². The third-order valence-electron chi connectivity index (χ3n) is 7.56. The highest BCUT2D eigenvalue weighted by molar-refractivity contribution is 5.34. The van der Waals surface area contributed by atoms with E-state index in [1.54, 1.807) is 24.3 Å². The van der Waals surface area contributed by atoms with Gasteiger partial charge >= 0.3 is 0 Å². The zero-order chi connectivity index (χ0) is 23.7. The maximum absolute atomic E-state index is 10.2. The third kappa shape index (κ3) is 10.8. The van der Waals surface area contributed by atoms with Crippen molar-refractivity contribution in [3.63, 3.8) is 0 Å². The van der Waals surface area contributed by atoms with E-state index in [1.807, 2.05) is 0 Å². The van der Waals surface area contributed by atoms with Crippen molar-refractivity contribution in [1.29, 1.82) is 0 Å². The molecular formula is C25H36N4O4. The number of aliphatic imine (C=N–C) groups is 4. The molecule has 0 aromatic heterocycles. The van der Waals surface area contributed by atoms with Crippen molar-refractivity contribution in [2.45, 2.75) is 95.6 Å². The Morgan fingerprint density at radius 2 is 0.788 bits per heavy atom. The molecule has 3 saturated carbocycles. The van der Waals surface area contributed by atoms with Crippen LogP contribution < -0.4 is 0 Å². The van der Waals surface area contributed by atoms with Crippen molar-refractivity contribution in [1.82, 2.24) is 0 Å². The molecule has 33 heavy (non-hydrogen) atoms. The molecule has 0 N–H and O–H groups in total. The number of carbonyl (C=O) groups excluding carboxylic acids is 4. The Bertz CT molecular complexity index is 689. The molecule has 3 rings (SSSR count). The second kappa shape index (κ2) is 16.2. The minimum absolute atomic E-state index is 0.228. The summed E-state index contributed by atoms with van der Waals surface area (Å²) in [6, 6.07) is 0.456. The molecule has 0 amide bonds. The second-order valence-corrected chi connectivity index (χ2v) is 9.78. The van der Waals surface area contributed by atoms with Crippen LogP contribution in [0.1, 0.15) is 83.5 Å². The summed E-state index contributed by atoms with van der Waals surface area (Å²) in [7, 11) is 0. The minimum Gasteiger partial charge on any atom is -0.211 e. The quantitative estimate of drug-likeness (QED) is 0.391. The fourth-order valence-corrected chi connectivity index (χ4v) is 5.57. The number of isocyanates is 4.